The van der Waals surface area contributed by atoms with Crippen LogP contribution >= 0.6 is 11.8 Å². The number of halogens is 1. The van der Waals surface area contributed by atoms with Gasteiger partial charge in [-0.2, -0.15) is 4.98 Å². The lowest BCUT2D eigenvalue weighted by Gasteiger charge is -2.12. The van der Waals surface area contributed by atoms with Crippen LogP contribution in [0.3, 0.4) is 0 Å². The van der Waals surface area contributed by atoms with Gasteiger partial charge in [-0.3, -0.25) is 4.79 Å². The average Bonchev–Trinajstić information content (AvgIpc) is 3.27. The Labute approximate surface area is 186 Å². The van der Waals surface area contributed by atoms with E-state index in [1.165, 1.54) is 28.5 Å². The first-order chi connectivity index (χ1) is 15.6. The summed E-state index contributed by atoms with van der Waals surface area (Å²) in [6.07, 6.45) is 1.66. The molecule has 0 fully saturated rings. The standard InChI is InChI=1S/C23H16FN5O2S/c1-14-10-11-25-19(12-14)29-22(30)17-4-2-3-5-18(17)26-23(29)32-13-20-27-21(28-31-20)15-6-8-16(24)9-7-15/h2-12H,13H2,1H3. The van der Waals surface area contributed by atoms with Crippen LogP contribution in [0.2, 0.25) is 0 Å². The zero-order chi connectivity index (χ0) is 22.1. The number of pyridine rings is 1. The highest BCUT2D eigenvalue weighted by Gasteiger charge is 2.16. The second kappa shape index (κ2) is 8.35. The molecule has 0 radical (unpaired) electrons. The Hall–Kier alpha value is -3.85. The molecule has 0 atom stereocenters. The fourth-order valence-electron chi connectivity index (χ4n) is 3.21. The first kappa shape index (κ1) is 20.1. The number of hydrogen-bond donors (Lipinski definition) is 0. The minimum absolute atomic E-state index is 0.200. The number of hydrogen-bond acceptors (Lipinski definition) is 7. The van der Waals surface area contributed by atoms with Gasteiger partial charge in [-0.05, 0) is 61.0 Å². The van der Waals surface area contributed by atoms with Crippen molar-refractivity contribution in [2.45, 2.75) is 17.8 Å². The SMILES string of the molecule is Cc1ccnc(-n2c(SCc3nc(-c4ccc(F)cc4)no3)nc3ccccc3c2=O)c1. The zero-order valence-corrected chi connectivity index (χ0v) is 17.7. The summed E-state index contributed by atoms with van der Waals surface area (Å²) in [4.78, 5) is 26.7. The Morgan fingerprint density at radius 1 is 1.06 bits per heavy atom. The third-order valence-electron chi connectivity index (χ3n) is 4.77. The summed E-state index contributed by atoms with van der Waals surface area (Å²) in [6.45, 7) is 1.94. The van der Waals surface area contributed by atoms with E-state index in [9.17, 15) is 9.18 Å². The Bertz CT molecular complexity index is 1480. The van der Waals surface area contributed by atoms with Crippen molar-refractivity contribution in [2.24, 2.45) is 0 Å². The molecule has 3 heterocycles. The number of rotatable bonds is 5. The van der Waals surface area contributed by atoms with Crippen molar-refractivity contribution < 1.29 is 8.91 Å². The smallest absolute Gasteiger partial charge is 0.267 e. The number of thioether (sulfide) groups is 1. The van der Waals surface area contributed by atoms with Gasteiger partial charge in [-0.25, -0.2) is 18.9 Å². The molecule has 0 bridgehead atoms. The van der Waals surface area contributed by atoms with E-state index < -0.39 is 0 Å². The highest BCUT2D eigenvalue weighted by Crippen LogP contribution is 2.25. The molecule has 9 heteroatoms. The number of para-hydroxylation sites is 1. The summed E-state index contributed by atoms with van der Waals surface area (Å²) < 4.78 is 20.0. The van der Waals surface area contributed by atoms with Crippen LogP contribution < -0.4 is 5.56 Å². The third-order valence-corrected chi connectivity index (χ3v) is 5.69. The number of fused-ring (bicyclic) bond motifs is 1. The Morgan fingerprint density at radius 3 is 2.69 bits per heavy atom. The quantitative estimate of drug-likeness (QED) is 0.289. The fraction of sp³-hybridized carbons (Fsp3) is 0.0870. The van der Waals surface area contributed by atoms with Gasteiger partial charge in [0.2, 0.25) is 11.7 Å². The number of benzene rings is 2. The lowest BCUT2D eigenvalue weighted by atomic mass is 10.2. The highest BCUT2D eigenvalue weighted by atomic mass is 32.2. The molecule has 158 valence electrons. The van der Waals surface area contributed by atoms with Crippen LogP contribution in [-0.2, 0) is 5.75 Å². The molecule has 7 nitrogen and oxygen atoms in total. The van der Waals surface area contributed by atoms with Crippen molar-refractivity contribution in [3.05, 3.63) is 94.5 Å². The Kier molecular flexibility index (Phi) is 5.24. The topological polar surface area (TPSA) is 86.7 Å². The van der Waals surface area contributed by atoms with E-state index in [0.717, 1.165) is 5.56 Å². The van der Waals surface area contributed by atoms with E-state index in [0.29, 0.717) is 44.9 Å². The van der Waals surface area contributed by atoms with Crippen LogP contribution in [0.4, 0.5) is 4.39 Å². The van der Waals surface area contributed by atoms with E-state index in [-0.39, 0.29) is 11.4 Å². The molecule has 32 heavy (non-hydrogen) atoms. The van der Waals surface area contributed by atoms with Crippen LogP contribution in [0.5, 0.6) is 0 Å². The van der Waals surface area contributed by atoms with E-state index in [1.54, 1.807) is 30.5 Å². The van der Waals surface area contributed by atoms with Gasteiger partial charge in [0.05, 0.1) is 16.7 Å². The van der Waals surface area contributed by atoms with E-state index >= 15 is 0 Å². The molecule has 0 amide bonds. The lowest BCUT2D eigenvalue weighted by molar-refractivity contribution is 0.391. The van der Waals surface area contributed by atoms with Crippen molar-refractivity contribution >= 4 is 22.7 Å². The minimum Gasteiger partial charge on any atom is -0.338 e. The normalized spacial score (nSPS) is 11.2. The summed E-state index contributed by atoms with van der Waals surface area (Å²) in [5, 5.41) is 4.94. The summed E-state index contributed by atoms with van der Waals surface area (Å²) in [7, 11) is 0. The molecule has 0 aliphatic rings. The van der Waals surface area contributed by atoms with Crippen LogP contribution in [-0.4, -0.2) is 24.7 Å². The summed E-state index contributed by atoms with van der Waals surface area (Å²) >= 11 is 1.30. The second-order valence-electron chi connectivity index (χ2n) is 7.05. The molecular formula is C23H16FN5O2S. The van der Waals surface area contributed by atoms with Crippen LogP contribution in [0.15, 0.2) is 81.3 Å². The first-order valence-electron chi connectivity index (χ1n) is 9.74. The average molecular weight is 445 g/mol. The number of aromatic nitrogens is 5. The van der Waals surface area contributed by atoms with Crippen LogP contribution in [0.1, 0.15) is 11.5 Å². The largest absolute Gasteiger partial charge is 0.338 e. The molecule has 5 rings (SSSR count). The van der Waals surface area contributed by atoms with Gasteiger partial charge < -0.3 is 4.52 Å². The first-order valence-corrected chi connectivity index (χ1v) is 10.7. The van der Waals surface area contributed by atoms with Crippen molar-refractivity contribution in [2.75, 3.05) is 0 Å². The molecule has 3 aromatic heterocycles. The minimum atomic E-state index is -0.335. The fourth-order valence-corrected chi connectivity index (χ4v) is 4.05. The van der Waals surface area contributed by atoms with Gasteiger partial charge in [-0.1, -0.05) is 29.1 Å². The van der Waals surface area contributed by atoms with E-state index in [4.69, 9.17) is 4.52 Å². The molecule has 0 spiro atoms. The maximum absolute atomic E-state index is 13.3. The van der Waals surface area contributed by atoms with Gasteiger partial charge in [0.15, 0.2) is 5.16 Å². The van der Waals surface area contributed by atoms with Gasteiger partial charge in [-0.15, -0.1) is 0 Å². The van der Waals surface area contributed by atoms with Crippen LogP contribution in [0, 0.1) is 12.7 Å². The predicted octanol–water partition coefficient (Wildman–Crippen LogP) is 4.57. The van der Waals surface area contributed by atoms with Crippen molar-refractivity contribution in [1.29, 1.82) is 0 Å². The molecule has 0 N–H and O–H groups in total. The maximum atomic E-state index is 13.3. The molecule has 5 aromatic rings. The predicted molar refractivity (Wildman–Crippen MR) is 119 cm³/mol. The van der Waals surface area contributed by atoms with Gasteiger partial charge in [0.25, 0.3) is 5.56 Å². The molecular weight excluding hydrogens is 429 g/mol. The number of aryl methyl sites for hydroxylation is 1. The number of nitrogens with zero attached hydrogens (tertiary/aromatic N) is 5. The van der Waals surface area contributed by atoms with Crippen LogP contribution in [0.25, 0.3) is 28.1 Å². The summed E-state index contributed by atoms with van der Waals surface area (Å²) in [6, 6.07) is 16.7. The molecule has 0 saturated heterocycles. The maximum Gasteiger partial charge on any atom is 0.267 e. The molecule has 0 unspecified atom stereocenters. The van der Waals surface area contributed by atoms with Gasteiger partial charge in [0, 0.05) is 11.8 Å². The zero-order valence-electron chi connectivity index (χ0n) is 16.9. The van der Waals surface area contributed by atoms with E-state index in [1.807, 2.05) is 31.2 Å². The van der Waals surface area contributed by atoms with E-state index in [2.05, 4.69) is 20.1 Å². The molecule has 0 saturated carbocycles. The third kappa shape index (κ3) is 3.90. The van der Waals surface area contributed by atoms with Crippen molar-refractivity contribution in [3.63, 3.8) is 0 Å². The van der Waals surface area contributed by atoms with Crippen molar-refractivity contribution in [3.8, 4) is 17.2 Å². The molecule has 0 aliphatic carbocycles. The monoisotopic (exact) mass is 445 g/mol. The molecule has 2 aromatic carbocycles. The summed E-state index contributed by atoms with van der Waals surface area (Å²) in [5.41, 5.74) is 2.03. The van der Waals surface area contributed by atoms with Crippen molar-refractivity contribution in [1.82, 2.24) is 24.7 Å². The second-order valence-corrected chi connectivity index (χ2v) is 7.99. The Balaban J connectivity index is 1.51. The summed E-state index contributed by atoms with van der Waals surface area (Å²) in [5.74, 6) is 1.18. The Morgan fingerprint density at radius 2 is 1.88 bits per heavy atom. The molecule has 0 aliphatic heterocycles. The lowest BCUT2D eigenvalue weighted by Crippen LogP contribution is -2.22. The highest BCUT2D eigenvalue weighted by molar-refractivity contribution is 7.98. The van der Waals surface area contributed by atoms with Gasteiger partial charge >= 0.3 is 0 Å². The van der Waals surface area contributed by atoms with Gasteiger partial charge in [0.1, 0.15) is 11.6 Å².